The molecule has 0 amide bonds. The largest absolute Gasteiger partial charge is 0.259 e. The maximum atomic E-state index is 10.3. The topological polar surface area (TPSA) is 34.1 Å². The molecule has 2 nitrogen and oxygen atoms in total. The predicted molar refractivity (Wildman–Crippen MR) is 53.8 cm³/mol. The van der Waals surface area contributed by atoms with Gasteiger partial charge in [-0.1, -0.05) is 18.2 Å². The Morgan fingerprint density at radius 2 is 1.67 bits per heavy atom. The average Bonchev–Trinajstić information content (AvgIpc) is 2.63. The van der Waals surface area contributed by atoms with Crippen molar-refractivity contribution in [1.29, 1.82) is 0 Å². The molecule has 2 aliphatic heterocycles. The van der Waals surface area contributed by atoms with Crippen LogP contribution >= 0.6 is 0 Å². The predicted octanol–water partition coefficient (Wildman–Crippen LogP) is 0.957. The van der Waals surface area contributed by atoms with Gasteiger partial charge in [0.1, 0.15) is 0 Å². The van der Waals surface area contributed by atoms with Crippen LogP contribution < -0.4 is 0 Å². The molecule has 1 unspecified atom stereocenters. The Labute approximate surface area is 77.7 Å². The van der Waals surface area contributed by atoms with Crippen LogP contribution in [0, 0.1) is 0 Å². The minimum absolute atomic E-state index is 0.534. The third-order valence-electron chi connectivity index (χ3n) is 1.46. The van der Waals surface area contributed by atoms with Crippen molar-refractivity contribution in [2.24, 2.45) is 0 Å². The fourth-order valence-electron chi connectivity index (χ4n) is 0.846. The Morgan fingerprint density at radius 1 is 1.00 bits per heavy atom. The summed E-state index contributed by atoms with van der Waals surface area (Å²) in [6, 6.07) is 0. The summed E-state index contributed by atoms with van der Waals surface area (Å²) in [5, 5.41) is 1.75. The van der Waals surface area contributed by atoms with E-state index in [0.29, 0.717) is 0 Å². The fraction of sp³-hybridized carbons (Fsp3) is 0.500. The molecular formula is C8H12O2S2. The third kappa shape index (κ3) is 3.97. The normalized spacial score (nSPS) is 27.2. The lowest BCUT2D eigenvalue weighted by molar-refractivity contribution is 0.687. The molecule has 0 N–H and O–H groups in total. The van der Waals surface area contributed by atoms with Crippen molar-refractivity contribution in [3.63, 3.8) is 0 Å². The second kappa shape index (κ2) is 5.43. The second-order valence-electron chi connectivity index (χ2n) is 2.49. The number of rotatable bonds is 0. The van der Waals surface area contributed by atoms with Crippen LogP contribution in [0.2, 0.25) is 0 Å². The zero-order valence-electron chi connectivity index (χ0n) is 6.77. The van der Waals surface area contributed by atoms with Crippen molar-refractivity contribution in [3.05, 3.63) is 23.6 Å². The fourth-order valence-corrected chi connectivity index (χ4v) is 2.54. The maximum absolute atomic E-state index is 10.3. The van der Waals surface area contributed by atoms with E-state index < -0.39 is 21.6 Å². The van der Waals surface area contributed by atoms with Gasteiger partial charge in [-0.15, -0.1) is 0 Å². The van der Waals surface area contributed by atoms with Crippen molar-refractivity contribution in [1.82, 2.24) is 0 Å². The molecule has 0 fully saturated rings. The van der Waals surface area contributed by atoms with Gasteiger partial charge >= 0.3 is 0 Å². The van der Waals surface area contributed by atoms with Crippen molar-refractivity contribution in [2.75, 3.05) is 17.3 Å². The molecular weight excluding hydrogens is 192 g/mol. The molecule has 2 aliphatic rings. The first-order valence-electron chi connectivity index (χ1n) is 3.83. The highest BCUT2D eigenvalue weighted by Gasteiger charge is 1.97. The minimum atomic E-state index is -0.603. The van der Waals surface area contributed by atoms with Crippen molar-refractivity contribution in [2.45, 2.75) is 6.42 Å². The highest BCUT2D eigenvalue weighted by atomic mass is 32.2. The molecule has 1 atom stereocenters. The monoisotopic (exact) mass is 204 g/mol. The van der Waals surface area contributed by atoms with Gasteiger partial charge in [0.15, 0.2) is 0 Å². The molecule has 0 aromatic carbocycles. The molecule has 0 spiro atoms. The Balaban J connectivity index is 0.000000120. The van der Waals surface area contributed by atoms with Crippen LogP contribution in [0.1, 0.15) is 6.42 Å². The molecule has 4 heteroatoms. The first-order valence-corrected chi connectivity index (χ1v) is 6.70. The molecule has 0 radical (unpaired) electrons. The van der Waals surface area contributed by atoms with Crippen LogP contribution in [0.4, 0.5) is 0 Å². The van der Waals surface area contributed by atoms with E-state index in [1.165, 1.54) is 0 Å². The molecule has 0 saturated heterocycles. The molecule has 0 saturated carbocycles. The van der Waals surface area contributed by atoms with E-state index in [1.54, 1.807) is 5.41 Å². The van der Waals surface area contributed by atoms with Gasteiger partial charge in [-0.05, 0) is 11.8 Å². The summed E-state index contributed by atoms with van der Waals surface area (Å²) < 4.78 is 20.6. The summed E-state index contributed by atoms with van der Waals surface area (Å²) in [5.41, 5.74) is 0. The SMILES string of the molecule is O=S1C=CCC1.O=S1CC=CC1. The Kier molecular flexibility index (Phi) is 4.46. The molecule has 68 valence electrons. The molecule has 2 rings (SSSR count). The van der Waals surface area contributed by atoms with Gasteiger partial charge in [0, 0.05) is 38.9 Å². The van der Waals surface area contributed by atoms with Gasteiger partial charge in [0.25, 0.3) is 0 Å². The average molecular weight is 204 g/mol. The van der Waals surface area contributed by atoms with Crippen LogP contribution in [-0.2, 0) is 21.6 Å². The van der Waals surface area contributed by atoms with Crippen molar-refractivity contribution < 1.29 is 8.42 Å². The summed E-state index contributed by atoms with van der Waals surface area (Å²) in [4.78, 5) is 0. The van der Waals surface area contributed by atoms with E-state index in [1.807, 2.05) is 18.2 Å². The van der Waals surface area contributed by atoms with Crippen molar-refractivity contribution in [3.8, 4) is 0 Å². The van der Waals surface area contributed by atoms with E-state index in [0.717, 1.165) is 23.7 Å². The van der Waals surface area contributed by atoms with Crippen LogP contribution in [0.25, 0.3) is 0 Å². The molecule has 12 heavy (non-hydrogen) atoms. The second-order valence-corrected chi connectivity index (χ2v) is 5.48. The first-order chi connectivity index (χ1) is 5.79. The van der Waals surface area contributed by atoms with E-state index in [9.17, 15) is 8.42 Å². The van der Waals surface area contributed by atoms with Crippen molar-refractivity contribution >= 4 is 21.6 Å². The minimum Gasteiger partial charge on any atom is -0.259 e. The lowest BCUT2D eigenvalue weighted by atomic mass is 10.5. The molecule has 0 aromatic rings. The lowest BCUT2D eigenvalue weighted by Crippen LogP contribution is -1.87. The van der Waals surface area contributed by atoms with Gasteiger partial charge in [-0.3, -0.25) is 8.42 Å². The van der Waals surface area contributed by atoms with E-state index in [-0.39, 0.29) is 0 Å². The molecule has 0 aliphatic carbocycles. The lowest BCUT2D eigenvalue weighted by Gasteiger charge is -1.75. The van der Waals surface area contributed by atoms with Gasteiger partial charge in [0.2, 0.25) is 0 Å². The van der Waals surface area contributed by atoms with Crippen LogP contribution in [0.3, 0.4) is 0 Å². The number of hydrogen-bond donors (Lipinski definition) is 0. The molecule has 0 aromatic heterocycles. The number of hydrogen-bond acceptors (Lipinski definition) is 2. The molecule has 2 heterocycles. The zero-order chi connectivity index (χ0) is 8.81. The maximum Gasteiger partial charge on any atom is 0.0455 e. The molecule has 0 bridgehead atoms. The summed E-state index contributed by atoms with van der Waals surface area (Å²) in [7, 11) is -1.14. The van der Waals surface area contributed by atoms with E-state index in [2.05, 4.69) is 0 Å². The summed E-state index contributed by atoms with van der Waals surface area (Å²) in [5.74, 6) is 2.40. The van der Waals surface area contributed by atoms with Gasteiger partial charge < -0.3 is 0 Å². The summed E-state index contributed by atoms with van der Waals surface area (Å²) >= 11 is 0. The standard InChI is InChI=1S/2C4H6OS/c2*5-6-3-1-2-4-6/h1,3H,2,4H2;1-2H,3-4H2. The van der Waals surface area contributed by atoms with Crippen LogP contribution in [-0.4, -0.2) is 25.7 Å². The van der Waals surface area contributed by atoms with Crippen LogP contribution in [0.15, 0.2) is 23.6 Å². The number of allylic oxidation sites excluding steroid dienone is 1. The third-order valence-corrected chi connectivity index (χ3v) is 3.73. The smallest absolute Gasteiger partial charge is 0.0455 e. The highest BCUT2D eigenvalue weighted by molar-refractivity contribution is 7.88. The van der Waals surface area contributed by atoms with Gasteiger partial charge in [-0.2, -0.15) is 0 Å². The Morgan fingerprint density at radius 3 is 1.83 bits per heavy atom. The Bertz CT molecular complexity index is 233. The summed E-state index contributed by atoms with van der Waals surface area (Å²) in [6.07, 6.45) is 6.87. The first kappa shape index (κ1) is 9.86. The van der Waals surface area contributed by atoms with Gasteiger partial charge in [-0.25, -0.2) is 0 Å². The van der Waals surface area contributed by atoms with Crippen LogP contribution in [0.5, 0.6) is 0 Å². The van der Waals surface area contributed by atoms with Gasteiger partial charge in [0.05, 0.1) is 0 Å². The quantitative estimate of drug-likeness (QED) is 0.551. The van der Waals surface area contributed by atoms with E-state index >= 15 is 0 Å². The zero-order valence-corrected chi connectivity index (χ0v) is 8.40. The van der Waals surface area contributed by atoms with E-state index in [4.69, 9.17) is 0 Å². The highest BCUT2D eigenvalue weighted by Crippen LogP contribution is 1.99. The summed E-state index contributed by atoms with van der Waals surface area (Å²) in [6.45, 7) is 0. The Hall–Kier alpha value is -0.220.